The minimum Gasteiger partial charge on any atom is -0.358 e. The van der Waals surface area contributed by atoms with Gasteiger partial charge in [-0.1, -0.05) is 48.5 Å². The fourth-order valence-electron chi connectivity index (χ4n) is 2.64. The Morgan fingerprint density at radius 1 is 0.909 bits per heavy atom. The molecule has 3 rings (SSSR count). The van der Waals surface area contributed by atoms with Crippen molar-refractivity contribution in [1.82, 2.24) is 4.90 Å². The Labute approximate surface area is 131 Å². The van der Waals surface area contributed by atoms with Crippen LogP contribution in [0.25, 0.3) is 0 Å². The zero-order chi connectivity index (χ0) is 15.2. The average molecular weight is 292 g/mol. The minimum atomic E-state index is 0.0333. The molecule has 2 aromatic rings. The largest absolute Gasteiger partial charge is 0.358 e. The number of carbonyl (C=O) groups is 1. The van der Waals surface area contributed by atoms with Gasteiger partial charge in [-0.25, -0.2) is 0 Å². The summed E-state index contributed by atoms with van der Waals surface area (Å²) in [5.74, 6) is 0.920. The Kier molecular flexibility index (Phi) is 4.54. The highest BCUT2D eigenvalue weighted by Crippen LogP contribution is 2.18. The van der Waals surface area contributed by atoms with Gasteiger partial charge in [0.2, 0.25) is 0 Å². The Morgan fingerprint density at radius 2 is 1.50 bits per heavy atom. The molecule has 1 saturated heterocycles. The van der Waals surface area contributed by atoms with Crippen LogP contribution >= 0.6 is 0 Å². The quantitative estimate of drug-likeness (QED) is 0.669. The molecule has 0 saturated carbocycles. The number of hydrogen-bond donors (Lipinski definition) is 1. The van der Waals surface area contributed by atoms with Crippen molar-refractivity contribution in [2.24, 2.45) is 0 Å². The lowest BCUT2D eigenvalue weighted by molar-refractivity contribution is 0.104. The first-order valence-corrected chi connectivity index (χ1v) is 7.71. The number of para-hydroxylation sites is 1. The van der Waals surface area contributed by atoms with Gasteiger partial charge in [-0.3, -0.25) is 4.79 Å². The molecule has 1 aliphatic heterocycles. The summed E-state index contributed by atoms with van der Waals surface area (Å²) in [6, 6.07) is 19.4. The normalized spacial score (nSPS) is 14.9. The van der Waals surface area contributed by atoms with Crippen LogP contribution in [0.5, 0.6) is 0 Å². The summed E-state index contributed by atoms with van der Waals surface area (Å²) >= 11 is 0. The molecule has 3 nitrogen and oxygen atoms in total. The van der Waals surface area contributed by atoms with Gasteiger partial charge in [0.1, 0.15) is 5.82 Å². The maximum absolute atomic E-state index is 12.5. The van der Waals surface area contributed by atoms with E-state index in [4.69, 9.17) is 0 Å². The molecule has 0 unspecified atom stereocenters. The van der Waals surface area contributed by atoms with Crippen LogP contribution in [-0.4, -0.2) is 23.8 Å². The minimum absolute atomic E-state index is 0.0333. The maximum Gasteiger partial charge on any atom is 0.189 e. The fourth-order valence-corrected chi connectivity index (χ4v) is 2.64. The van der Waals surface area contributed by atoms with Crippen LogP contribution in [0.2, 0.25) is 0 Å². The molecule has 22 heavy (non-hydrogen) atoms. The molecule has 0 bridgehead atoms. The fraction of sp³-hybridized carbons (Fsp3) is 0.211. The Balaban J connectivity index is 1.84. The molecule has 1 fully saturated rings. The van der Waals surface area contributed by atoms with E-state index in [1.807, 2.05) is 60.7 Å². The van der Waals surface area contributed by atoms with Gasteiger partial charge in [-0.15, -0.1) is 0 Å². The van der Waals surface area contributed by atoms with Crippen LogP contribution in [0.15, 0.2) is 72.6 Å². The van der Waals surface area contributed by atoms with Gasteiger partial charge in [-0.2, -0.15) is 0 Å². The van der Waals surface area contributed by atoms with Crippen LogP contribution in [0.1, 0.15) is 23.2 Å². The molecule has 0 aromatic heterocycles. The van der Waals surface area contributed by atoms with E-state index in [2.05, 4.69) is 10.2 Å². The molecule has 2 aromatic carbocycles. The Bertz CT molecular complexity index is 644. The molecular formula is C19H20N2O. The van der Waals surface area contributed by atoms with Crippen LogP contribution in [0, 0.1) is 0 Å². The van der Waals surface area contributed by atoms with Gasteiger partial charge < -0.3 is 10.2 Å². The van der Waals surface area contributed by atoms with Crippen molar-refractivity contribution in [2.45, 2.75) is 12.8 Å². The van der Waals surface area contributed by atoms with E-state index in [9.17, 15) is 4.79 Å². The molecular weight excluding hydrogens is 272 g/mol. The molecule has 1 aliphatic rings. The Hall–Kier alpha value is -2.55. The molecule has 0 atom stereocenters. The second-order valence-electron chi connectivity index (χ2n) is 5.45. The number of benzene rings is 2. The zero-order valence-corrected chi connectivity index (χ0v) is 12.5. The SMILES string of the molecule is O=C(/C=C(/Nc1ccccc1)N1CCCC1)c1ccccc1. The van der Waals surface area contributed by atoms with Gasteiger partial charge in [0.15, 0.2) is 5.78 Å². The molecule has 0 aliphatic carbocycles. The summed E-state index contributed by atoms with van der Waals surface area (Å²) in [6.07, 6.45) is 4.06. The van der Waals surface area contributed by atoms with Crippen molar-refractivity contribution in [2.75, 3.05) is 18.4 Å². The average Bonchev–Trinajstić information content (AvgIpc) is 3.10. The summed E-state index contributed by atoms with van der Waals surface area (Å²) in [7, 11) is 0. The van der Waals surface area contributed by atoms with Gasteiger partial charge in [0.05, 0.1) is 0 Å². The van der Waals surface area contributed by atoms with E-state index in [-0.39, 0.29) is 5.78 Å². The summed E-state index contributed by atoms with van der Waals surface area (Å²) in [5.41, 5.74) is 1.72. The van der Waals surface area contributed by atoms with E-state index < -0.39 is 0 Å². The number of nitrogens with one attached hydrogen (secondary N) is 1. The molecule has 1 N–H and O–H groups in total. The number of anilines is 1. The number of nitrogens with zero attached hydrogens (tertiary/aromatic N) is 1. The first-order chi connectivity index (χ1) is 10.8. The highest BCUT2D eigenvalue weighted by atomic mass is 16.1. The third kappa shape index (κ3) is 3.55. The van der Waals surface area contributed by atoms with Gasteiger partial charge in [0.25, 0.3) is 0 Å². The zero-order valence-electron chi connectivity index (χ0n) is 12.5. The highest BCUT2D eigenvalue weighted by molar-refractivity contribution is 6.05. The topological polar surface area (TPSA) is 32.3 Å². The third-order valence-electron chi connectivity index (χ3n) is 3.82. The number of allylic oxidation sites excluding steroid dienone is 1. The standard InChI is InChI=1S/C19H20N2O/c22-18(16-9-3-1-4-10-16)15-19(21-13-7-8-14-21)20-17-11-5-2-6-12-17/h1-6,9-12,15,20H,7-8,13-14H2/b19-15-. The van der Waals surface area contributed by atoms with Crippen LogP contribution in [-0.2, 0) is 0 Å². The Morgan fingerprint density at radius 3 is 2.14 bits per heavy atom. The maximum atomic E-state index is 12.5. The van der Waals surface area contributed by atoms with Crippen LogP contribution < -0.4 is 5.32 Å². The van der Waals surface area contributed by atoms with E-state index in [1.54, 1.807) is 6.08 Å². The number of ketones is 1. The summed E-state index contributed by atoms with van der Waals surface area (Å²) < 4.78 is 0. The van der Waals surface area contributed by atoms with E-state index in [0.717, 1.165) is 24.6 Å². The highest BCUT2D eigenvalue weighted by Gasteiger charge is 2.16. The van der Waals surface area contributed by atoms with Crippen molar-refractivity contribution in [3.8, 4) is 0 Å². The van der Waals surface area contributed by atoms with Gasteiger partial charge >= 0.3 is 0 Å². The van der Waals surface area contributed by atoms with Gasteiger partial charge in [0, 0.05) is 30.4 Å². The molecule has 0 amide bonds. The van der Waals surface area contributed by atoms with Crippen LogP contribution in [0.4, 0.5) is 5.69 Å². The summed E-state index contributed by atoms with van der Waals surface area (Å²) in [6.45, 7) is 1.99. The first kappa shape index (κ1) is 14.4. The van der Waals surface area contributed by atoms with E-state index in [1.165, 1.54) is 12.8 Å². The number of likely N-dealkylation sites (tertiary alicyclic amines) is 1. The number of carbonyl (C=O) groups excluding carboxylic acids is 1. The van der Waals surface area contributed by atoms with Crippen molar-refractivity contribution in [3.63, 3.8) is 0 Å². The molecule has 1 heterocycles. The second kappa shape index (κ2) is 6.94. The first-order valence-electron chi connectivity index (χ1n) is 7.71. The van der Waals surface area contributed by atoms with Gasteiger partial charge in [-0.05, 0) is 25.0 Å². The van der Waals surface area contributed by atoms with Crippen LogP contribution in [0.3, 0.4) is 0 Å². The monoisotopic (exact) mass is 292 g/mol. The smallest absolute Gasteiger partial charge is 0.189 e. The molecule has 0 radical (unpaired) electrons. The molecule has 3 heteroatoms. The second-order valence-corrected chi connectivity index (χ2v) is 5.45. The number of hydrogen-bond acceptors (Lipinski definition) is 3. The van der Waals surface area contributed by atoms with E-state index in [0.29, 0.717) is 5.56 Å². The lowest BCUT2D eigenvalue weighted by Gasteiger charge is -2.23. The number of rotatable bonds is 5. The predicted molar refractivity (Wildman–Crippen MR) is 89.7 cm³/mol. The van der Waals surface area contributed by atoms with Crippen molar-refractivity contribution >= 4 is 11.5 Å². The molecule has 0 spiro atoms. The lowest BCUT2D eigenvalue weighted by Crippen LogP contribution is -2.25. The van der Waals surface area contributed by atoms with Crippen molar-refractivity contribution < 1.29 is 4.79 Å². The predicted octanol–water partition coefficient (Wildman–Crippen LogP) is 3.92. The third-order valence-corrected chi connectivity index (χ3v) is 3.82. The lowest BCUT2D eigenvalue weighted by atomic mass is 10.1. The molecule has 112 valence electrons. The van der Waals surface area contributed by atoms with E-state index >= 15 is 0 Å². The van der Waals surface area contributed by atoms with Crippen molar-refractivity contribution in [1.29, 1.82) is 0 Å². The summed E-state index contributed by atoms with van der Waals surface area (Å²) in [4.78, 5) is 14.7. The summed E-state index contributed by atoms with van der Waals surface area (Å²) in [5, 5.41) is 3.39. The van der Waals surface area contributed by atoms with Crippen molar-refractivity contribution in [3.05, 3.63) is 78.1 Å².